The number of alkyl carbamates (subject to hydrolysis) is 1. The minimum absolute atomic E-state index is 0.0396. The Morgan fingerprint density at radius 2 is 1.68 bits per heavy atom. The van der Waals surface area contributed by atoms with Crippen molar-refractivity contribution in [3.05, 3.63) is 59.7 Å². The molecule has 2 aromatic carbocycles. The van der Waals surface area contributed by atoms with E-state index in [0.717, 1.165) is 22.3 Å². The molecule has 1 unspecified atom stereocenters. The molecule has 0 radical (unpaired) electrons. The highest BCUT2D eigenvalue weighted by Crippen LogP contribution is 2.44. The lowest BCUT2D eigenvalue weighted by Gasteiger charge is -2.40. The van der Waals surface area contributed by atoms with Crippen LogP contribution in [0.15, 0.2) is 48.5 Å². The van der Waals surface area contributed by atoms with E-state index >= 15 is 0 Å². The molecule has 0 bridgehead atoms. The number of carbonyl (C=O) groups is 3. The van der Waals surface area contributed by atoms with E-state index in [4.69, 9.17) is 14.6 Å². The fraction of sp³-hybridized carbons (Fsp3) is 0.423. The van der Waals surface area contributed by atoms with Crippen LogP contribution in [0.1, 0.15) is 36.3 Å². The number of aliphatic carboxylic acids is 1. The Hall–Kier alpha value is -3.39. The first-order chi connectivity index (χ1) is 16.5. The molecule has 2 aliphatic rings. The molecule has 0 aromatic heterocycles. The lowest BCUT2D eigenvalue weighted by Crippen LogP contribution is -2.57. The van der Waals surface area contributed by atoms with E-state index in [1.54, 1.807) is 12.0 Å². The zero-order valence-corrected chi connectivity index (χ0v) is 19.2. The number of carbonyl (C=O) groups excluding carboxylic acids is 2. The van der Waals surface area contributed by atoms with Crippen LogP contribution in [0, 0.1) is 5.92 Å². The van der Waals surface area contributed by atoms with Crippen molar-refractivity contribution in [1.29, 1.82) is 0 Å². The van der Waals surface area contributed by atoms with E-state index in [1.807, 2.05) is 24.3 Å². The molecule has 2 N–H and O–H groups in total. The summed E-state index contributed by atoms with van der Waals surface area (Å²) in [5.74, 6) is -1.19. The van der Waals surface area contributed by atoms with Gasteiger partial charge in [0.1, 0.15) is 12.6 Å². The van der Waals surface area contributed by atoms with Gasteiger partial charge in [0.2, 0.25) is 5.91 Å². The first kappa shape index (κ1) is 23.8. The smallest absolute Gasteiger partial charge is 0.407 e. The van der Waals surface area contributed by atoms with Crippen LogP contribution >= 0.6 is 0 Å². The molecule has 0 spiro atoms. The molecule has 34 heavy (non-hydrogen) atoms. The molecule has 4 rings (SSSR count). The number of ether oxygens (including phenoxy) is 2. The number of likely N-dealkylation sites (tertiary alicyclic amines) is 1. The van der Waals surface area contributed by atoms with Crippen molar-refractivity contribution >= 4 is 18.0 Å². The summed E-state index contributed by atoms with van der Waals surface area (Å²) in [4.78, 5) is 38.1. The van der Waals surface area contributed by atoms with Gasteiger partial charge in [-0.05, 0) is 35.1 Å². The van der Waals surface area contributed by atoms with Gasteiger partial charge in [-0.1, -0.05) is 48.5 Å². The van der Waals surface area contributed by atoms with Crippen molar-refractivity contribution in [2.75, 3.05) is 33.4 Å². The van der Waals surface area contributed by atoms with Crippen molar-refractivity contribution in [2.24, 2.45) is 5.92 Å². The van der Waals surface area contributed by atoms with Gasteiger partial charge in [-0.15, -0.1) is 0 Å². The first-order valence-corrected chi connectivity index (χ1v) is 11.6. The minimum Gasteiger partial charge on any atom is -0.481 e. The summed E-state index contributed by atoms with van der Waals surface area (Å²) >= 11 is 0. The third-order valence-corrected chi connectivity index (χ3v) is 6.51. The molecule has 8 nitrogen and oxygen atoms in total. The Morgan fingerprint density at radius 1 is 1.06 bits per heavy atom. The number of fused-ring (bicyclic) bond motifs is 3. The molecule has 1 atom stereocenters. The molecule has 8 heteroatoms. The number of methoxy groups -OCH3 is 1. The number of carboxylic acids is 1. The second kappa shape index (κ2) is 10.7. The Balaban J connectivity index is 1.36. The summed E-state index contributed by atoms with van der Waals surface area (Å²) in [6.45, 7) is 1.41. The van der Waals surface area contributed by atoms with Crippen LogP contribution in [0.4, 0.5) is 4.79 Å². The van der Waals surface area contributed by atoms with E-state index in [-0.39, 0.29) is 30.8 Å². The van der Waals surface area contributed by atoms with Gasteiger partial charge >= 0.3 is 12.1 Å². The third kappa shape index (κ3) is 5.22. The van der Waals surface area contributed by atoms with Crippen LogP contribution in [0.3, 0.4) is 0 Å². The summed E-state index contributed by atoms with van der Waals surface area (Å²) in [6.07, 6.45) is 0.415. The average Bonchev–Trinajstić information content (AvgIpc) is 3.12. The number of nitrogens with zero attached hydrogens (tertiary/aromatic N) is 1. The van der Waals surface area contributed by atoms with Crippen LogP contribution in [0.5, 0.6) is 0 Å². The Bertz CT molecular complexity index is 1000. The summed E-state index contributed by atoms with van der Waals surface area (Å²) in [7, 11) is 1.59. The van der Waals surface area contributed by atoms with Crippen molar-refractivity contribution in [3.63, 3.8) is 0 Å². The first-order valence-electron chi connectivity index (χ1n) is 11.6. The maximum atomic E-state index is 12.9. The molecule has 1 fully saturated rings. The fourth-order valence-corrected chi connectivity index (χ4v) is 4.82. The Labute approximate surface area is 198 Å². The van der Waals surface area contributed by atoms with Crippen molar-refractivity contribution in [2.45, 2.75) is 31.2 Å². The van der Waals surface area contributed by atoms with Gasteiger partial charge in [-0.3, -0.25) is 9.59 Å². The van der Waals surface area contributed by atoms with Gasteiger partial charge in [0.25, 0.3) is 0 Å². The summed E-state index contributed by atoms with van der Waals surface area (Å²) in [5.41, 5.74) is 4.53. The largest absolute Gasteiger partial charge is 0.481 e. The Kier molecular flexibility index (Phi) is 7.47. The zero-order chi connectivity index (χ0) is 24.1. The maximum Gasteiger partial charge on any atom is 0.407 e. The van der Waals surface area contributed by atoms with Gasteiger partial charge in [0.15, 0.2) is 0 Å². The van der Waals surface area contributed by atoms with Crippen LogP contribution in [-0.2, 0) is 19.1 Å². The standard InChI is InChI=1S/C26H30N2O6/c1-33-12-6-11-23(25(31)28-14-17(15-28)13-24(29)30)27-26(32)34-16-22-20-9-4-2-7-18(20)19-8-3-5-10-21(19)22/h2-5,7-10,17,22-23H,6,11-16H2,1H3,(H,27,32)(H,29,30). The lowest BCUT2D eigenvalue weighted by atomic mass is 9.95. The molecule has 180 valence electrons. The number of rotatable bonds is 10. The van der Waals surface area contributed by atoms with Crippen LogP contribution in [0.2, 0.25) is 0 Å². The summed E-state index contributed by atoms with van der Waals surface area (Å²) < 4.78 is 10.7. The van der Waals surface area contributed by atoms with Crippen molar-refractivity contribution < 1.29 is 29.0 Å². The number of amides is 2. The third-order valence-electron chi connectivity index (χ3n) is 6.51. The minimum atomic E-state index is -0.870. The molecular formula is C26H30N2O6. The van der Waals surface area contributed by atoms with Crippen LogP contribution in [0.25, 0.3) is 11.1 Å². The van der Waals surface area contributed by atoms with E-state index in [1.165, 1.54) is 0 Å². The number of benzene rings is 2. The number of nitrogens with one attached hydrogen (secondary N) is 1. The summed E-state index contributed by atoms with van der Waals surface area (Å²) in [5, 5.41) is 11.7. The van der Waals surface area contributed by atoms with Crippen LogP contribution in [-0.4, -0.2) is 67.4 Å². The fourth-order valence-electron chi connectivity index (χ4n) is 4.82. The predicted octanol–water partition coefficient (Wildman–Crippen LogP) is 3.25. The van der Waals surface area contributed by atoms with Gasteiger partial charge in [0, 0.05) is 38.6 Å². The quantitative estimate of drug-likeness (QED) is 0.521. The van der Waals surface area contributed by atoms with Crippen LogP contribution < -0.4 is 5.32 Å². The number of carboxylic acid groups (broad SMARTS) is 1. The van der Waals surface area contributed by atoms with E-state index < -0.39 is 18.1 Å². The second-order valence-corrected chi connectivity index (χ2v) is 8.86. The highest BCUT2D eigenvalue weighted by atomic mass is 16.5. The van der Waals surface area contributed by atoms with E-state index in [9.17, 15) is 14.4 Å². The van der Waals surface area contributed by atoms with Crippen molar-refractivity contribution in [1.82, 2.24) is 10.2 Å². The highest BCUT2D eigenvalue weighted by molar-refractivity contribution is 5.86. The normalized spacial score (nSPS) is 15.7. The average molecular weight is 467 g/mol. The van der Waals surface area contributed by atoms with Gasteiger partial charge in [0.05, 0.1) is 6.42 Å². The second-order valence-electron chi connectivity index (χ2n) is 8.86. The Morgan fingerprint density at radius 3 is 2.26 bits per heavy atom. The van der Waals surface area contributed by atoms with Gasteiger partial charge < -0.3 is 24.8 Å². The van der Waals surface area contributed by atoms with Gasteiger partial charge in [-0.25, -0.2) is 4.79 Å². The van der Waals surface area contributed by atoms with E-state index in [0.29, 0.717) is 32.5 Å². The number of hydrogen-bond donors (Lipinski definition) is 2. The maximum absolute atomic E-state index is 12.9. The molecule has 1 heterocycles. The monoisotopic (exact) mass is 466 g/mol. The molecule has 0 saturated carbocycles. The summed E-state index contributed by atoms with van der Waals surface area (Å²) in [6, 6.07) is 15.5. The van der Waals surface area contributed by atoms with E-state index in [2.05, 4.69) is 29.6 Å². The topological polar surface area (TPSA) is 105 Å². The zero-order valence-electron chi connectivity index (χ0n) is 19.2. The lowest BCUT2D eigenvalue weighted by molar-refractivity contribution is -0.146. The molecule has 2 amide bonds. The molecular weight excluding hydrogens is 436 g/mol. The predicted molar refractivity (Wildman–Crippen MR) is 125 cm³/mol. The highest BCUT2D eigenvalue weighted by Gasteiger charge is 2.36. The van der Waals surface area contributed by atoms with Gasteiger partial charge in [-0.2, -0.15) is 0 Å². The molecule has 1 aliphatic carbocycles. The molecule has 1 saturated heterocycles. The molecule has 2 aromatic rings. The number of hydrogen-bond acceptors (Lipinski definition) is 5. The molecule has 1 aliphatic heterocycles. The SMILES string of the molecule is COCCCC(NC(=O)OCC1c2ccccc2-c2ccccc21)C(=O)N1CC(CC(=O)O)C1. The van der Waals surface area contributed by atoms with Crippen molar-refractivity contribution in [3.8, 4) is 11.1 Å².